The van der Waals surface area contributed by atoms with Crippen molar-refractivity contribution in [2.75, 3.05) is 6.54 Å². The largest absolute Gasteiger partial charge is 0.369 e. The number of hydrogen-bond acceptors (Lipinski definition) is 4. The summed E-state index contributed by atoms with van der Waals surface area (Å²) in [5.74, 6) is -0.380. The Morgan fingerprint density at radius 3 is 2.56 bits per heavy atom. The molecule has 0 unspecified atom stereocenters. The van der Waals surface area contributed by atoms with Crippen LogP contribution in [0.4, 0.5) is 0 Å². The van der Waals surface area contributed by atoms with Gasteiger partial charge in [-0.25, -0.2) is 0 Å². The van der Waals surface area contributed by atoms with Crippen molar-refractivity contribution in [3.05, 3.63) is 53.0 Å². The predicted molar refractivity (Wildman–Crippen MR) is 96.4 cm³/mol. The molecule has 0 bridgehead atoms. The number of carbonyl (C=O) groups excluding carboxylic acids is 2. The van der Waals surface area contributed by atoms with Gasteiger partial charge in [0.15, 0.2) is 0 Å². The van der Waals surface area contributed by atoms with E-state index in [-0.39, 0.29) is 24.2 Å². The third-order valence-electron chi connectivity index (χ3n) is 5.26. The molecule has 2 amide bonds. The predicted octanol–water partition coefficient (Wildman–Crippen LogP) is 2.64. The number of carbonyl (C=O) groups is 2. The van der Waals surface area contributed by atoms with Gasteiger partial charge in [0.05, 0.1) is 5.41 Å². The minimum atomic E-state index is -0.680. The summed E-state index contributed by atoms with van der Waals surface area (Å²) in [6.07, 6.45) is 6.56. The minimum Gasteiger partial charge on any atom is -0.369 e. The Labute approximate surface area is 148 Å². The van der Waals surface area contributed by atoms with E-state index in [2.05, 4.69) is 45.7 Å². The summed E-state index contributed by atoms with van der Waals surface area (Å²) in [5.41, 5.74) is 3.67. The molecule has 5 nitrogen and oxygen atoms in total. The zero-order valence-corrected chi connectivity index (χ0v) is 15.3. The highest BCUT2D eigenvalue weighted by Gasteiger charge is 2.47. The van der Waals surface area contributed by atoms with E-state index in [1.165, 1.54) is 5.56 Å². The van der Waals surface area contributed by atoms with Crippen LogP contribution in [-0.2, 0) is 16.1 Å². The zero-order chi connectivity index (χ0) is 18.2. The molecule has 0 aliphatic carbocycles. The van der Waals surface area contributed by atoms with Crippen LogP contribution in [0.25, 0.3) is 0 Å². The second kappa shape index (κ2) is 6.47. The first kappa shape index (κ1) is 17.4. The van der Waals surface area contributed by atoms with E-state index in [9.17, 15) is 9.59 Å². The van der Waals surface area contributed by atoms with Crippen LogP contribution in [0, 0.1) is 25.2 Å². The Balaban J connectivity index is 1.79. The van der Waals surface area contributed by atoms with Gasteiger partial charge < -0.3 is 4.90 Å². The molecule has 0 spiro atoms. The van der Waals surface area contributed by atoms with Crippen LogP contribution in [-0.4, -0.2) is 28.2 Å². The molecule has 3 heterocycles. The minimum absolute atomic E-state index is 0.0288. The van der Waals surface area contributed by atoms with Crippen molar-refractivity contribution in [2.24, 2.45) is 11.3 Å². The van der Waals surface area contributed by atoms with E-state index in [4.69, 9.17) is 0 Å². The van der Waals surface area contributed by atoms with E-state index in [0.29, 0.717) is 0 Å². The van der Waals surface area contributed by atoms with Crippen molar-refractivity contribution in [3.63, 3.8) is 0 Å². The highest BCUT2D eigenvalue weighted by molar-refractivity contribution is 6.06. The molecule has 1 aromatic heterocycles. The van der Waals surface area contributed by atoms with Gasteiger partial charge in [0.25, 0.3) is 0 Å². The van der Waals surface area contributed by atoms with Crippen molar-refractivity contribution in [3.8, 4) is 0 Å². The number of imide groups is 1. The summed E-state index contributed by atoms with van der Waals surface area (Å²) in [4.78, 5) is 30.5. The van der Waals surface area contributed by atoms with Crippen LogP contribution < -0.4 is 5.32 Å². The second-order valence-electron chi connectivity index (χ2n) is 7.41. The molecule has 1 aromatic rings. The van der Waals surface area contributed by atoms with E-state index in [1.54, 1.807) is 0 Å². The maximum absolute atomic E-state index is 12.2. The van der Waals surface area contributed by atoms with Gasteiger partial charge in [0, 0.05) is 37.1 Å². The molecule has 25 heavy (non-hydrogen) atoms. The van der Waals surface area contributed by atoms with Gasteiger partial charge in [-0.1, -0.05) is 19.1 Å². The average molecular weight is 339 g/mol. The summed E-state index contributed by atoms with van der Waals surface area (Å²) in [6, 6.07) is 4.21. The summed E-state index contributed by atoms with van der Waals surface area (Å²) < 4.78 is 0. The fourth-order valence-electron chi connectivity index (χ4n) is 3.69. The Kier molecular flexibility index (Phi) is 4.50. The second-order valence-corrected chi connectivity index (χ2v) is 7.41. The zero-order valence-electron chi connectivity index (χ0n) is 15.3. The molecule has 2 atom stereocenters. The van der Waals surface area contributed by atoms with Crippen LogP contribution in [0.2, 0.25) is 0 Å². The maximum Gasteiger partial charge on any atom is 0.233 e. The van der Waals surface area contributed by atoms with E-state index >= 15 is 0 Å². The molecule has 0 aromatic carbocycles. The lowest BCUT2D eigenvalue weighted by molar-refractivity contribution is -0.129. The number of rotatable bonds is 4. The highest BCUT2D eigenvalue weighted by Crippen LogP contribution is 2.40. The number of hydrogen-bond donors (Lipinski definition) is 1. The number of aromatic nitrogens is 1. The van der Waals surface area contributed by atoms with Gasteiger partial charge in [0.1, 0.15) is 0 Å². The summed E-state index contributed by atoms with van der Waals surface area (Å²) in [6.45, 7) is 9.55. The summed E-state index contributed by atoms with van der Waals surface area (Å²) in [7, 11) is 0. The lowest BCUT2D eigenvalue weighted by Crippen LogP contribution is -2.36. The summed E-state index contributed by atoms with van der Waals surface area (Å²) in [5, 5.41) is 2.44. The first-order valence-electron chi connectivity index (χ1n) is 8.69. The molecule has 1 saturated heterocycles. The Morgan fingerprint density at radius 2 is 1.96 bits per heavy atom. The third kappa shape index (κ3) is 3.50. The standard InChI is InChI=1S/C20H25N3O2/c1-13-8-16(9-14(2)21-13)11-23-7-5-6-17(12-23)15(3)20(4)10-18(24)22-19(20)25/h5-6,8-9,12,15H,7,10-11H2,1-4H3,(H,22,24,25)/t15-,20+/m1/s1. The molecule has 1 fully saturated rings. The Morgan fingerprint density at radius 1 is 1.28 bits per heavy atom. The number of allylic oxidation sites excluding steroid dienone is 2. The van der Waals surface area contributed by atoms with Crippen LogP contribution in [0.5, 0.6) is 0 Å². The molecule has 3 rings (SSSR count). The van der Waals surface area contributed by atoms with E-state index < -0.39 is 5.41 Å². The normalized spacial score (nSPS) is 24.3. The van der Waals surface area contributed by atoms with Crippen molar-refractivity contribution in [2.45, 2.75) is 40.7 Å². The SMILES string of the molecule is Cc1cc(CN2C=C([C@@H](C)[C@]3(C)CC(=O)NC3=O)C=CC2)cc(C)n1. The van der Waals surface area contributed by atoms with E-state index in [0.717, 1.165) is 30.1 Å². The number of nitrogens with zero attached hydrogens (tertiary/aromatic N) is 2. The van der Waals surface area contributed by atoms with Crippen molar-refractivity contribution < 1.29 is 9.59 Å². The van der Waals surface area contributed by atoms with Gasteiger partial charge >= 0.3 is 0 Å². The quantitative estimate of drug-likeness (QED) is 0.857. The van der Waals surface area contributed by atoms with Crippen LogP contribution >= 0.6 is 0 Å². The number of nitrogens with one attached hydrogen (secondary N) is 1. The molecule has 132 valence electrons. The third-order valence-corrected chi connectivity index (χ3v) is 5.26. The average Bonchev–Trinajstić information content (AvgIpc) is 2.79. The maximum atomic E-state index is 12.2. The number of aryl methyl sites for hydroxylation is 2. The molecule has 5 heteroatoms. The van der Waals surface area contributed by atoms with Gasteiger partial charge in [-0.15, -0.1) is 0 Å². The molecular formula is C20H25N3O2. The van der Waals surface area contributed by atoms with Gasteiger partial charge in [-0.2, -0.15) is 0 Å². The molecular weight excluding hydrogens is 314 g/mol. The van der Waals surface area contributed by atoms with Gasteiger partial charge in [0.2, 0.25) is 11.8 Å². The molecule has 0 radical (unpaired) electrons. The Hall–Kier alpha value is -2.43. The van der Waals surface area contributed by atoms with Crippen LogP contribution in [0.1, 0.15) is 37.2 Å². The Bertz CT molecular complexity index is 761. The lowest BCUT2D eigenvalue weighted by Gasteiger charge is -2.32. The van der Waals surface area contributed by atoms with Crippen molar-refractivity contribution >= 4 is 11.8 Å². The topological polar surface area (TPSA) is 62.3 Å². The lowest BCUT2D eigenvalue weighted by atomic mass is 9.72. The fourth-order valence-corrected chi connectivity index (χ4v) is 3.69. The van der Waals surface area contributed by atoms with Gasteiger partial charge in [-0.05, 0) is 50.0 Å². The fraction of sp³-hybridized carbons (Fsp3) is 0.450. The number of amides is 2. The molecule has 1 N–H and O–H groups in total. The van der Waals surface area contributed by atoms with Crippen molar-refractivity contribution in [1.82, 2.24) is 15.2 Å². The summed E-state index contributed by atoms with van der Waals surface area (Å²) >= 11 is 0. The smallest absolute Gasteiger partial charge is 0.233 e. The van der Waals surface area contributed by atoms with Crippen LogP contribution in [0.15, 0.2) is 36.1 Å². The number of pyridine rings is 1. The monoisotopic (exact) mass is 339 g/mol. The van der Waals surface area contributed by atoms with Gasteiger partial charge in [-0.3, -0.25) is 19.9 Å². The van der Waals surface area contributed by atoms with Crippen LogP contribution in [0.3, 0.4) is 0 Å². The molecule has 0 saturated carbocycles. The molecule has 2 aliphatic heterocycles. The van der Waals surface area contributed by atoms with E-state index in [1.807, 2.05) is 27.7 Å². The first-order valence-corrected chi connectivity index (χ1v) is 8.69. The van der Waals surface area contributed by atoms with Crippen molar-refractivity contribution in [1.29, 1.82) is 0 Å². The highest BCUT2D eigenvalue weighted by atomic mass is 16.2. The first-order chi connectivity index (χ1) is 11.8. The molecule has 2 aliphatic rings.